The Morgan fingerprint density at radius 3 is 2.60 bits per heavy atom. The van der Waals surface area contributed by atoms with E-state index in [0.29, 0.717) is 42.0 Å². The molecule has 13 heteroatoms. The van der Waals surface area contributed by atoms with E-state index in [-0.39, 0.29) is 22.0 Å². The smallest absolute Gasteiger partial charge is 0.251 e. The van der Waals surface area contributed by atoms with Gasteiger partial charge in [0.15, 0.2) is 0 Å². The maximum atomic E-state index is 14.2. The van der Waals surface area contributed by atoms with Crippen LogP contribution >= 0.6 is 0 Å². The van der Waals surface area contributed by atoms with Gasteiger partial charge in [0, 0.05) is 36.8 Å². The lowest BCUT2D eigenvalue weighted by molar-refractivity contribution is -0.159. The van der Waals surface area contributed by atoms with E-state index in [2.05, 4.69) is 27.0 Å². The number of nitrogens with one attached hydrogen (secondary N) is 1. The fourth-order valence-electron chi connectivity index (χ4n) is 5.69. The number of nitrogens with zero attached hydrogens (tertiary/aromatic N) is 3. The zero-order chi connectivity index (χ0) is 32.1. The molecule has 1 aromatic heterocycles. The minimum atomic E-state index is -4.03. The Morgan fingerprint density at radius 2 is 1.87 bits per heavy atom. The van der Waals surface area contributed by atoms with E-state index in [1.54, 1.807) is 30.3 Å². The van der Waals surface area contributed by atoms with Gasteiger partial charge in [-0.05, 0) is 68.9 Å². The summed E-state index contributed by atoms with van der Waals surface area (Å²) in [6.07, 6.45) is 0.449. The first kappa shape index (κ1) is 33.0. The molecule has 12 nitrogen and oxygen atoms in total. The number of benzene rings is 2. The van der Waals surface area contributed by atoms with Gasteiger partial charge >= 0.3 is 0 Å². The number of unbranched alkanes of at least 4 members (excludes halogenated alkanes) is 1. The van der Waals surface area contributed by atoms with Crippen LogP contribution in [0.25, 0.3) is 10.9 Å². The first-order valence-corrected chi connectivity index (χ1v) is 16.9. The number of amides is 1. The Hall–Kier alpha value is -3.33. The molecule has 2 aliphatic rings. The van der Waals surface area contributed by atoms with E-state index in [9.17, 15) is 28.5 Å². The van der Waals surface area contributed by atoms with Gasteiger partial charge in [-0.1, -0.05) is 13.3 Å². The van der Waals surface area contributed by atoms with Gasteiger partial charge in [-0.25, -0.2) is 8.42 Å². The third kappa shape index (κ3) is 7.24. The van der Waals surface area contributed by atoms with Crippen molar-refractivity contribution < 1.29 is 38.0 Å². The SMILES string of the molecule is CCCCOc1ccc(S(=O)(=O)c2cnc3ccc(C(=O)NC4COC(CO)C(O)C4O)cc3c2N2CCCN(C)CC2)cc1. The standard InChI is InChI=1S/C32H42N4O8S/c1-3-4-16-43-22-7-9-23(10-8-22)45(41,42)28-18-33-25-11-6-21(17-24(25)29(28)36-13-5-12-35(2)14-15-36)32(40)34-26-20-44-27(19-37)31(39)30(26)38/h6-11,17-18,26-27,30-31,37-39H,3-5,12-16,19-20H2,1-2H3,(H,34,40). The van der Waals surface area contributed by atoms with E-state index in [0.717, 1.165) is 32.4 Å². The topological polar surface area (TPSA) is 162 Å². The second-order valence-electron chi connectivity index (χ2n) is 11.6. The molecular formula is C32H42N4O8S. The summed E-state index contributed by atoms with van der Waals surface area (Å²) in [6.45, 7) is 4.84. The van der Waals surface area contributed by atoms with Crippen LogP contribution in [0.5, 0.6) is 5.75 Å². The fourth-order valence-corrected chi connectivity index (χ4v) is 7.13. The molecule has 244 valence electrons. The summed E-state index contributed by atoms with van der Waals surface area (Å²) in [7, 11) is -2.00. The number of likely N-dealkylation sites (N-methyl/N-ethyl adjacent to an activating group) is 1. The van der Waals surface area contributed by atoms with E-state index in [1.807, 2.05) is 7.05 Å². The van der Waals surface area contributed by atoms with Crippen LogP contribution in [0.4, 0.5) is 5.69 Å². The van der Waals surface area contributed by atoms with Crippen molar-refractivity contribution in [1.29, 1.82) is 0 Å². The molecule has 5 rings (SSSR count). The van der Waals surface area contributed by atoms with Crippen LogP contribution in [0.1, 0.15) is 36.5 Å². The number of aliphatic hydroxyl groups excluding tert-OH is 3. The molecule has 1 amide bonds. The number of rotatable bonds is 10. The summed E-state index contributed by atoms with van der Waals surface area (Å²) in [6, 6.07) is 10.3. The molecule has 0 radical (unpaired) electrons. The van der Waals surface area contributed by atoms with Gasteiger partial charge in [-0.2, -0.15) is 0 Å². The lowest BCUT2D eigenvalue weighted by Crippen LogP contribution is -2.59. The third-order valence-corrected chi connectivity index (χ3v) is 10.2. The van der Waals surface area contributed by atoms with E-state index in [4.69, 9.17) is 9.47 Å². The molecule has 45 heavy (non-hydrogen) atoms. The second kappa shape index (κ2) is 14.4. The van der Waals surface area contributed by atoms with E-state index >= 15 is 0 Å². The first-order valence-electron chi connectivity index (χ1n) is 15.4. The number of sulfone groups is 1. The van der Waals surface area contributed by atoms with Gasteiger partial charge in [0.1, 0.15) is 29.0 Å². The van der Waals surface area contributed by atoms with Gasteiger partial charge in [-0.3, -0.25) is 9.78 Å². The van der Waals surface area contributed by atoms with Gasteiger partial charge in [0.25, 0.3) is 5.91 Å². The number of anilines is 1. The van der Waals surface area contributed by atoms with Gasteiger partial charge in [0.05, 0.1) is 42.0 Å². The minimum Gasteiger partial charge on any atom is -0.494 e. The summed E-state index contributed by atoms with van der Waals surface area (Å²) >= 11 is 0. The van der Waals surface area contributed by atoms with Crippen LogP contribution in [-0.2, 0) is 14.6 Å². The molecule has 2 aromatic carbocycles. The largest absolute Gasteiger partial charge is 0.494 e. The molecule has 3 aromatic rings. The quantitative estimate of drug-likeness (QED) is 0.238. The first-order chi connectivity index (χ1) is 21.6. The van der Waals surface area contributed by atoms with Crippen LogP contribution in [0.3, 0.4) is 0 Å². The van der Waals surface area contributed by atoms with Crippen molar-refractivity contribution in [2.45, 2.75) is 60.3 Å². The highest BCUT2D eigenvalue weighted by Gasteiger charge is 2.39. The van der Waals surface area contributed by atoms with Crippen molar-refractivity contribution in [3.05, 3.63) is 54.2 Å². The Labute approximate surface area is 263 Å². The normalized spacial score (nSPS) is 23.1. The molecule has 2 fully saturated rings. The molecule has 0 saturated carbocycles. The number of hydrogen-bond donors (Lipinski definition) is 4. The van der Waals surface area contributed by atoms with Crippen molar-refractivity contribution in [3.8, 4) is 5.75 Å². The molecular weight excluding hydrogens is 600 g/mol. The number of carbonyl (C=O) groups is 1. The molecule has 2 saturated heterocycles. The van der Waals surface area contributed by atoms with E-state index in [1.165, 1.54) is 18.3 Å². The molecule has 0 bridgehead atoms. The average Bonchev–Trinajstić information content (AvgIpc) is 3.26. The van der Waals surface area contributed by atoms with Crippen molar-refractivity contribution in [2.24, 2.45) is 0 Å². The second-order valence-corrected chi connectivity index (χ2v) is 13.6. The predicted molar refractivity (Wildman–Crippen MR) is 168 cm³/mol. The molecule has 2 aliphatic heterocycles. The number of hydrogen-bond acceptors (Lipinski definition) is 11. The molecule has 0 spiro atoms. The Kier molecular flexibility index (Phi) is 10.6. The number of ether oxygens (including phenoxy) is 2. The zero-order valence-electron chi connectivity index (χ0n) is 25.6. The lowest BCUT2D eigenvalue weighted by Gasteiger charge is -2.37. The number of aromatic nitrogens is 1. The fraction of sp³-hybridized carbons (Fsp3) is 0.500. The number of carbonyl (C=O) groups excluding carboxylic acids is 1. The lowest BCUT2D eigenvalue weighted by atomic mass is 9.98. The van der Waals surface area contributed by atoms with Crippen molar-refractivity contribution >= 4 is 32.3 Å². The summed E-state index contributed by atoms with van der Waals surface area (Å²) in [5, 5.41) is 33.3. The summed E-state index contributed by atoms with van der Waals surface area (Å²) in [5.74, 6) is 0.0611. The van der Waals surface area contributed by atoms with Gasteiger partial charge in [0.2, 0.25) is 9.84 Å². The van der Waals surface area contributed by atoms with Crippen LogP contribution in [-0.4, -0.2) is 117 Å². The highest BCUT2D eigenvalue weighted by atomic mass is 32.2. The predicted octanol–water partition coefficient (Wildman–Crippen LogP) is 1.60. The Balaban J connectivity index is 1.53. The highest BCUT2D eigenvalue weighted by Crippen LogP contribution is 2.37. The average molecular weight is 643 g/mol. The van der Waals surface area contributed by atoms with Crippen LogP contribution in [0, 0.1) is 0 Å². The van der Waals surface area contributed by atoms with E-state index < -0.39 is 46.7 Å². The summed E-state index contributed by atoms with van der Waals surface area (Å²) < 4.78 is 39.5. The van der Waals surface area contributed by atoms with Gasteiger partial charge < -0.3 is 39.9 Å². The molecule has 4 unspecified atom stereocenters. The van der Waals surface area contributed by atoms with Crippen LogP contribution in [0.15, 0.2) is 58.5 Å². The number of fused-ring (bicyclic) bond motifs is 1. The van der Waals surface area contributed by atoms with Crippen molar-refractivity contribution in [1.82, 2.24) is 15.2 Å². The molecule has 0 aliphatic carbocycles. The van der Waals surface area contributed by atoms with Crippen molar-refractivity contribution in [2.75, 3.05) is 57.9 Å². The Bertz CT molecular complexity index is 1590. The van der Waals surface area contributed by atoms with Crippen molar-refractivity contribution in [3.63, 3.8) is 0 Å². The minimum absolute atomic E-state index is 0.0473. The van der Waals surface area contributed by atoms with Crippen LogP contribution in [0.2, 0.25) is 0 Å². The maximum absolute atomic E-state index is 14.2. The molecule has 4 atom stereocenters. The van der Waals surface area contributed by atoms with Gasteiger partial charge in [-0.15, -0.1) is 0 Å². The summed E-state index contributed by atoms with van der Waals surface area (Å²) in [4.78, 5) is 22.3. The number of aliphatic hydroxyl groups is 3. The molecule has 3 heterocycles. The summed E-state index contributed by atoms with van der Waals surface area (Å²) in [5.41, 5.74) is 1.24. The maximum Gasteiger partial charge on any atom is 0.251 e. The third-order valence-electron chi connectivity index (χ3n) is 8.42. The monoisotopic (exact) mass is 642 g/mol. The Morgan fingerprint density at radius 1 is 1.09 bits per heavy atom. The highest BCUT2D eigenvalue weighted by molar-refractivity contribution is 7.91. The van der Waals surface area contributed by atoms with Crippen LogP contribution < -0.4 is 15.0 Å². The number of pyridine rings is 1. The molecule has 4 N–H and O–H groups in total. The zero-order valence-corrected chi connectivity index (χ0v) is 26.4.